The van der Waals surface area contributed by atoms with E-state index in [-0.39, 0.29) is 12.5 Å². The average Bonchev–Trinajstić information content (AvgIpc) is 3.34. The van der Waals surface area contributed by atoms with Gasteiger partial charge < -0.3 is 19.4 Å². The van der Waals surface area contributed by atoms with Crippen LogP contribution in [0.5, 0.6) is 5.88 Å². The van der Waals surface area contributed by atoms with Gasteiger partial charge in [0.15, 0.2) is 6.61 Å². The van der Waals surface area contributed by atoms with Gasteiger partial charge >= 0.3 is 0 Å². The lowest BCUT2D eigenvalue weighted by Crippen LogP contribution is -2.36. The molecule has 0 radical (unpaired) electrons. The Hall–Kier alpha value is -2.98. The van der Waals surface area contributed by atoms with Crippen LogP contribution in [-0.2, 0) is 9.53 Å². The molecule has 1 aliphatic heterocycles. The highest BCUT2D eigenvalue weighted by molar-refractivity contribution is 6.99. The third kappa shape index (κ3) is 4.07. The fraction of sp³-hybridized carbons (Fsp3) is 0.294. The van der Waals surface area contributed by atoms with Crippen molar-refractivity contribution in [1.82, 2.24) is 19.2 Å². The maximum atomic E-state index is 12.0. The van der Waals surface area contributed by atoms with Crippen molar-refractivity contribution in [3.63, 3.8) is 0 Å². The average molecular weight is 386 g/mol. The first-order valence-electron chi connectivity index (χ1n) is 8.47. The minimum atomic E-state index is -0.369. The minimum Gasteiger partial charge on any atom is -0.464 e. The number of H-pyrrole nitrogens is 1. The van der Waals surface area contributed by atoms with E-state index in [4.69, 9.17) is 9.47 Å². The molecule has 10 heteroatoms. The zero-order valence-electron chi connectivity index (χ0n) is 14.4. The molecule has 0 saturated carbocycles. The number of morpholine rings is 1. The maximum absolute atomic E-state index is 12.0. The number of nitrogens with zero attached hydrogens (tertiary/aromatic N) is 4. The van der Waals surface area contributed by atoms with Gasteiger partial charge in [0.05, 0.1) is 31.2 Å². The van der Waals surface area contributed by atoms with Crippen LogP contribution >= 0.6 is 11.7 Å². The van der Waals surface area contributed by atoms with Crippen LogP contribution in [0.2, 0.25) is 0 Å². The summed E-state index contributed by atoms with van der Waals surface area (Å²) < 4.78 is 19.2. The number of hydrazone groups is 1. The van der Waals surface area contributed by atoms with E-state index in [1.165, 1.54) is 0 Å². The smallest absolute Gasteiger partial charge is 0.278 e. The molecule has 0 bridgehead atoms. The van der Waals surface area contributed by atoms with Gasteiger partial charge in [-0.05, 0) is 6.07 Å². The lowest BCUT2D eigenvalue weighted by Gasteiger charge is -2.26. The summed E-state index contributed by atoms with van der Waals surface area (Å²) in [7, 11) is 0. The van der Waals surface area contributed by atoms with E-state index < -0.39 is 0 Å². The van der Waals surface area contributed by atoms with Crippen molar-refractivity contribution in [3.05, 3.63) is 36.0 Å². The van der Waals surface area contributed by atoms with Gasteiger partial charge in [0.25, 0.3) is 11.8 Å². The molecule has 1 saturated heterocycles. The van der Waals surface area contributed by atoms with E-state index in [9.17, 15) is 4.79 Å². The molecular formula is C17H18N6O3S. The van der Waals surface area contributed by atoms with Gasteiger partial charge in [-0.3, -0.25) is 4.79 Å². The summed E-state index contributed by atoms with van der Waals surface area (Å²) in [4.78, 5) is 17.2. The quantitative estimate of drug-likeness (QED) is 0.490. The zero-order valence-corrected chi connectivity index (χ0v) is 15.2. The molecule has 9 nitrogen and oxygen atoms in total. The Bertz CT molecular complexity index is 947. The summed E-state index contributed by atoms with van der Waals surface area (Å²) in [5, 5.41) is 5.03. The molecule has 0 unspecified atom stereocenters. The van der Waals surface area contributed by atoms with Crippen molar-refractivity contribution >= 4 is 40.6 Å². The fourth-order valence-electron chi connectivity index (χ4n) is 2.78. The van der Waals surface area contributed by atoms with Gasteiger partial charge in [0.1, 0.15) is 0 Å². The van der Waals surface area contributed by atoms with E-state index in [2.05, 4.69) is 24.3 Å². The first kappa shape index (κ1) is 17.4. The van der Waals surface area contributed by atoms with E-state index in [0.717, 1.165) is 41.3 Å². The highest BCUT2D eigenvalue weighted by Crippen LogP contribution is 2.26. The van der Waals surface area contributed by atoms with Crippen molar-refractivity contribution in [2.24, 2.45) is 5.10 Å². The molecule has 0 spiro atoms. The second-order valence-corrected chi connectivity index (χ2v) is 6.39. The fourth-order valence-corrected chi connectivity index (χ4v) is 3.30. The minimum absolute atomic E-state index is 0.187. The van der Waals surface area contributed by atoms with Crippen molar-refractivity contribution in [3.8, 4) is 5.88 Å². The van der Waals surface area contributed by atoms with Crippen LogP contribution in [-0.4, -0.2) is 58.8 Å². The van der Waals surface area contributed by atoms with E-state index in [1.54, 1.807) is 6.21 Å². The van der Waals surface area contributed by atoms with Crippen molar-refractivity contribution in [2.45, 2.75) is 0 Å². The number of carbonyl (C=O) groups excluding carboxylic acids is 1. The van der Waals surface area contributed by atoms with E-state index in [0.29, 0.717) is 24.9 Å². The van der Waals surface area contributed by atoms with Gasteiger partial charge in [-0.15, -0.1) is 4.37 Å². The number of hydrogen-bond acceptors (Lipinski definition) is 8. The second kappa shape index (κ2) is 8.14. The molecule has 1 aromatic carbocycles. The molecule has 1 amide bonds. The maximum Gasteiger partial charge on any atom is 0.278 e. The highest BCUT2D eigenvalue weighted by atomic mass is 32.1. The van der Waals surface area contributed by atoms with Gasteiger partial charge in [0, 0.05) is 35.8 Å². The number of benzene rings is 1. The molecule has 1 aliphatic rings. The predicted octanol–water partition coefficient (Wildman–Crippen LogP) is 1.39. The van der Waals surface area contributed by atoms with Gasteiger partial charge in [0.2, 0.25) is 5.82 Å². The molecule has 3 aromatic rings. The van der Waals surface area contributed by atoms with Crippen LogP contribution < -0.4 is 15.1 Å². The summed E-state index contributed by atoms with van der Waals surface area (Å²) in [6.07, 6.45) is 3.44. The van der Waals surface area contributed by atoms with Crippen LogP contribution in [0.4, 0.5) is 5.82 Å². The summed E-state index contributed by atoms with van der Waals surface area (Å²) in [6, 6.07) is 7.87. The van der Waals surface area contributed by atoms with Gasteiger partial charge in [-0.1, -0.05) is 18.2 Å². The number of hydrogen-bond donors (Lipinski definition) is 2. The number of fused-ring (bicyclic) bond motifs is 1. The lowest BCUT2D eigenvalue weighted by atomic mass is 10.2. The van der Waals surface area contributed by atoms with Crippen molar-refractivity contribution in [1.29, 1.82) is 0 Å². The lowest BCUT2D eigenvalue weighted by molar-refractivity contribution is -0.123. The first-order chi connectivity index (χ1) is 13.3. The Labute approximate surface area is 159 Å². The monoisotopic (exact) mass is 386 g/mol. The number of ether oxygens (including phenoxy) is 2. The van der Waals surface area contributed by atoms with Crippen molar-refractivity contribution in [2.75, 3.05) is 37.8 Å². The molecule has 27 heavy (non-hydrogen) atoms. The van der Waals surface area contributed by atoms with Crippen LogP contribution in [0.1, 0.15) is 5.56 Å². The molecule has 3 heterocycles. The van der Waals surface area contributed by atoms with Crippen molar-refractivity contribution < 1.29 is 14.3 Å². The van der Waals surface area contributed by atoms with Crippen LogP contribution in [0.3, 0.4) is 0 Å². The molecule has 1 fully saturated rings. The standard InChI is InChI=1S/C17H18N6O3S/c24-15(20-19-10-12-9-18-14-4-2-1-3-13(12)14)11-26-17-16(21-27-22-17)23-5-7-25-8-6-23/h1-4,9-10,18H,5-8,11H2,(H,20,24)/b19-10+. The molecule has 2 N–H and O–H groups in total. The number of rotatable bonds is 6. The Morgan fingerprint density at radius 1 is 1.37 bits per heavy atom. The van der Waals surface area contributed by atoms with E-state index in [1.807, 2.05) is 35.4 Å². The molecule has 0 aliphatic carbocycles. The van der Waals surface area contributed by atoms with Gasteiger partial charge in [-0.2, -0.15) is 9.47 Å². The SMILES string of the molecule is O=C(COc1nsnc1N1CCOCC1)N/N=C/c1c[nH]c2ccccc12. The molecule has 4 rings (SSSR count). The summed E-state index contributed by atoms with van der Waals surface area (Å²) in [5.74, 6) is 0.642. The van der Waals surface area contributed by atoms with Crippen LogP contribution in [0.25, 0.3) is 10.9 Å². The first-order valence-corrected chi connectivity index (χ1v) is 9.20. The van der Waals surface area contributed by atoms with Crippen LogP contribution in [0, 0.1) is 0 Å². The molecule has 140 valence electrons. The third-order valence-electron chi connectivity index (χ3n) is 4.11. The number of amides is 1. The second-order valence-electron chi connectivity index (χ2n) is 5.86. The number of carbonyl (C=O) groups is 1. The zero-order chi connectivity index (χ0) is 18.5. The van der Waals surface area contributed by atoms with Crippen LogP contribution in [0.15, 0.2) is 35.6 Å². The Kier molecular flexibility index (Phi) is 5.26. The topological polar surface area (TPSA) is 105 Å². The molecular weight excluding hydrogens is 368 g/mol. The number of anilines is 1. The van der Waals surface area contributed by atoms with E-state index >= 15 is 0 Å². The number of aromatic amines is 1. The Morgan fingerprint density at radius 2 is 2.22 bits per heavy atom. The number of aromatic nitrogens is 3. The Morgan fingerprint density at radius 3 is 3.11 bits per heavy atom. The number of para-hydroxylation sites is 1. The van der Waals surface area contributed by atoms with Gasteiger partial charge in [-0.25, -0.2) is 5.43 Å². The predicted molar refractivity (Wildman–Crippen MR) is 102 cm³/mol. The Balaban J connectivity index is 1.31. The normalized spacial score (nSPS) is 14.7. The summed E-state index contributed by atoms with van der Waals surface area (Å²) >= 11 is 1.06. The largest absolute Gasteiger partial charge is 0.464 e. The number of nitrogens with one attached hydrogen (secondary N) is 2. The molecule has 0 atom stereocenters. The third-order valence-corrected chi connectivity index (χ3v) is 4.61. The summed E-state index contributed by atoms with van der Waals surface area (Å²) in [6.45, 7) is 2.54. The highest BCUT2D eigenvalue weighted by Gasteiger charge is 2.20. The molecule has 2 aromatic heterocycles. The summed E-state index contributed by atoms with van der Waals surface area (Å²) in [5.41, 5.74) is 4.37.